The summed E-state index contributed by atoms with van der Waals surface area (Å²) in [6, 6.07) is 1.64. The van der Waals surface area contributed by atoms with Gasteiger partial charge in [-0.25, -0.2) is 15.0 Å². The molecular weight excluding hydrogens is 304 g/mol. The highest BCUT2D eigenvalue weighted by atomic mass is 16.6. The number of fused-ring (bicyclic) bond motifs is 1. The first-order valence-electron chi connectivity index (χ1n) is 6.59. The maximum atomic E-state index is 10.1. The van der Waals surface area contributed by atoms with E-state index in [1.54, 1.807) is 6.07 Å². The molecule has 1 aliphatic rings. The predicted molar refractivity (Wildman–Crippen MR) is 75.2 cm³/mol. The van der Waals surface area contributed by atoms with Crippen molar-refractivity contribution < 1.29 is 20.1 Å². The van der Waals surface area contributed by atoms with Gasteiger partial charge in [-0.3, -0.25) is 4.57 Å². The number of ether oxygens (including phenoxy) is 1. The molecule has 2 aromatic heterocycles. The Bertz CT molecular complexity index is 848. The third-order valence-electron chi connectivity index (χ3n) is 3.47. The Balaban J connectivity index is 2.09. The fourth-order valence-electron chi connectivity index (χ4n) is 2.37. The molecule has 2 aromatic rings. The minimum atomic E-state index is -1.28. The first-order chi connectivity index (χ1) is 11.1. The molecule has 0 aromatic carbocycles. The number of hydrogen-bond acceptors (Lipinski definition) is 9. The SMILES string of the molecule is N#CC#Cc1nc(N)c2ncn(C3OC(CO)C(O)C3O)c2n1. The van der Waals surface area contributed by atoms with Crippen LogP contribution in [-0.4, -0.2) is 59.8 Å². The van der Waals surface area contributed by atoms with E-state index in [1.807, 2.05) is 0 Å². The Morgan fingerprint density at radius 3 is 2.78 bits per heavy atom. The summed E-state index contributed by atoms with van der Waals surface area (Å²) in [5.74, 6) is 4.67. The molecule has 3 heterocycles. The highest BCUT2D eigenvalue weighted by Gasteiger charge is 2.44. The minimum Gasteiger partial charge on any atom is -0.394 e. The fourth-order valence-corrected chi connectivity index (χ4v) is 2.37. The van der Waals surface area contributed by atoms with Crippen molar-refractivity contribution in [2.75, 3.05) is 12.3 Å². The summed E-state index contributed by atoms with van der Waals surface area (Å²) >= 11 is 0. The van der Waals surface area contributed by atoms with Crippen LogP contribution in [0.5, 0.6) is 0 Å². The van der Waals surface area contributed by atoms with Gasteiger partial charge in [0.15, 0.2) is 23.8 Å². The van der Waals surface area contributed by atoms with Crippen molar-refractivity contribution in [1.29, 1.82) is 5.26 Å². The number of anilines is 1. The molecule has 4 atom stereocenters. The quantitative estimate of drug-likeness (QED) is 0.454. The zero-order valence-electron chi connectivity index (χ0n) is 11.7. The van der Waals surface area contributed by atoms with Gasteiger partial charge in [-0.05, 0) is 5.92 Å². The average molecular weight is 316 g/mol. The second-order valence-electron chi connectivity index (χ2n) is 4.85. The van der Waals surface area contributed by atoms with E-state index in [2.05, 4.69) is 26.8 Å². The van der Waals surface area contributed by atoms with Crippen LogP contribution >= 0.6 is 0 Å². The van der Waals surface area contributed by atoms with Gasteiger partial charge in [0.2, 0.25) is 5.82 Å². The summed E-state index contributed by atoms with van der Waals surface area (Å²) in [5, 5.41) is 37.6. The van der Waals surface area contributed by atoms with Crippen LogP contribution in [0.2, 0.25) is 0 Å². The lowest BCUT2D eigenvalue weighted by atomic mass is 10.1. The van der Waals surface area contributed by atoms with E-state index in [1.165, 1.54) is 10.9 Å². The molecule has 0 bridgehead atoms. The number of rotatable bonds is 2. The number of hydrogen-bond donors (Lipinski definition) is 4. The summed E-state index contributed by atoms with van der Waals surface area (Å²) in [5.41, 5.74) is 6.29. The molecular formula is C13H12N6O4. The van der Waals surface area contributed by atoms with Crippen molar-refractivity contribution in [3.05, 3.63) is 12.2 Å². The lowest BCUT2D eigenvalue weighted by Crippen LogP contribution is -2.33. The van der Waals surface area contributed by atoms with Crippen LogP contribution in [0.3, 0.4) is 0 Å². The number of nitrogens with two attached hydrogens (primary N) is 1. The second-order valence-corrected chi connectivity index (χ2v) is 4.85. The van der Waals surface area contributed by atoms with Crippen molar-refractivity contribution in [3.8, 4) is 17.9 Å². The number of nitrogen functional groups attached to an aromatic ring is 1. The van der Waals surface area contributed by atoms with Gasteiger partial charge in [0.25, 0.3) is 0 Å². The first-order valence-corrected chi connectivity index (χ1v) is 6.59. The Kier molecular flexibility index (Phi) is 3.82. The van der Waals surface area contributed by atoms with E-state index < -0.39 is 31.1 Å². The maximum Gasteiger partial charge on any atom is 0.210 e. The summed E-state index contributed by atoms with van der Waals surface area (Å²) < 4.78 is 6.80. The normalized spacial score (nSPS) is 26.7. The van der Waals surface area contributed by atoms with Crippen LogP contribution in [-0.2, 0) is 4.74 Å². The number of aliphatic hydroxyl groups is 3. The zero-order chi connectivity index (χ0) is 16.6. The van der Waals surface area contributed by atoms with Gasteiger partial charge in [-0.15, -0.1) is 0 Å². The molecule has 0 amide bonds. The van der Waals surface area contributed by atoms with Gasteiger partial charge < -0.3 is 25.8 Å². The van der Waals surface area contributed by atoms with E-state index in [4.69, 9.17) is 20.8 Å². The smallest absolute Gasteiger partial charge is 0.210 e. The van der Waals surface area contributed by atoms with Gasteiger partial charge in [-0.2, -0.15) is 5.26 Å². The fraction of sp³-hybridized carbons (Fsp3) is 0.385. The lowest BCUT2D eigenvalue weighted by Gasteiger charge is -2.16. The number of imidazole rings is 1. The zero-order valence-corrected chi connectivity index (χ0v) is 11.7. The van der Waals surface area contributed by atoms with Crippen LogP contribution in [0, 0.1) is 23.2 Å². The molecule has 0 radical (unpaired) electrons. The molecule has 1 saturated heterocycles. The Morgan fingerprint density at radius 1 is 1.35 bits per heavy atom. The van der Waals surface area contributed by atoms with Crippen LogP contribution in [0.4, 0.5) is 5.82 Å². The van der Waals surface area contributed by atoms with Crippen molar-refractivity contribution in [3.63, 3.8) is 0 Å². The number of nitriles is 1. The molecule has 0 saturated carbocycles. The first kappa shape index (κ1) is 15.1. The molecule has 10 nitrogen and oxygen atoms in total. The van der Waals surface area contributed by atoms with Crippen molar-refractivity contribution in [1.82, 2.24) is 19.5 Å². The van der Waals surface area contributed by atoms with Crippen molar-refractivity contribution in [2.24, 2.45) is 0 Å². The standard InChI is InChI=1S/C13H12N6O4/c14-3-1-2-7-17-11(15)8-12(18-7)19(5-16-8)13-10(22)9(21)6(4-20)23-13/h5-6,9-10,13,20-22H,4H2,(H2,15,17,18). The van der Waals surface area contributed by atoms with Crippen LogP contribution in [0.1, 0.15) is 12.1 Å². The van der Waals surface area contributed by atoms with Crippen LogP contribution < -0.4 is 5.73 Å². The monoisotopic (exact) mass is 316 g/mol. The topological polar surface area (TPSA) is 163 Å². The van der Waals surface area contributed by atoms with E-state index in [0.29, 0.717) is 0 Å². The molecule has 1 fully saturated rings. The van der Waals surface area contributed by atoms with E-state index in [-0.39, 0.29) is 22.8 Å². The van der Waals surface area contributed by atoms with E-state index in [9.17, 15) is 10.2 Å². The maximum absolute atomic E-state index is 10.1. The predicted octanol–water partition coefficient (Wildman–Crippen LogP) is -2.10. The van der Waals surface area contributed by atoms with Crippen molar-refractivity contribution >= 4 is 17.0 Å². The molecule has 10 heteroatoms. The number of aliphatic hydroxyl groups excluding tert-OH is 3. The van der Waals surface area contributed by atoms with Gasteiger partial charge >= 0.3 is 0 Å². The number of nitrogens with zero attached hydrogens (tertiary/aromatic N) is 5. The summed E-state index contributed by atoms with van der Waals surface area (Å²) in [6.45, 7) is -0.447. The molecule has 118 valence electrons. The largest absolute Gasteiger partial charge is 0.394 e. The van der Waals surface area contributed by atoms with E-state index >= 15 is 0 Å². The minimum absolute atomic E-state index is 0.0186. The van der Waals surface area contributed by atoms with E-state index in [0.717, 1.165) is 0 Å². The Hall–Kier alpha value is -2.76. The molecule has 4 unspecified atom stereocenters. The highest BCUT2D eigenvalue weighted by Crippen LogP contribution is 2.31. The average Bonchev–Trinajstić information content (AvgIpc) is 3.08. The van der Waals surface area contributed by atoms with Crippen molar-refractivity contribution in [2.45, 2.75) is 24.5 Å². The summed E-state index contributed by atoms with van der Waals surface area (Å²) in [6.07, 6.45) is -3.13. The Morgan fingerprint density at radius 2 is 2.13 bits per heavy atom. The van der Waals surface area contributed by atoms with Crippen LogP contribution in [0.15, 0.2) is 6.33 Å². The van der Waals surface area contributed by atoms with Crippen LogP contribution in [0.25, 0.3) is 11.2 Å². The summed E-state index contributed by atoms with van der Waals surface area (Å²) in [7, 11) is 0. The lowest BCUT2D eigenvalue weighted by molar-refractivity contribution is -0.0511. The molecule has 5 N–H and O–H groups in total. The molecule has 1 aliphatic heterocycles. The van der Waals surface area contributed by atoms with Gasteiger partial charge in [0.1, 0.15) is 23.8 Å². The number of aromatic nitrogens is 4. The third kappa shape index (κ3) is 2.46. The van der Waals surface area contributed by atoms with Gasteiger partial charge in [-0.1, -0.05) is 0 Å². The highest BCUT2D eigenvalue weighted by molar-refractivity contribution is 5.82. The Labute approximate surface area is 129 Å². The third-order valence-corrected chi connectivity index (χ3v) is 3.47. The van der Waals surface area contributed by atoms with Gasteiger partial charge in [0.05, 0.1) is 12.9 Å². The summed E-state index contributed by atoms with van der Waals surface area (Å²) in [4.78, 5) is 12.1. The molecule has 0 aliphatic carbocycles. The molecule has 3 rings (SSSR count). The second kappa shape index (κ2) is 5.79. The van der Waals surface area contributed by atoms with Gasteiger partial charge in [0, 0.05) is 5.92 Å². The molecule has 0 spiro atoms. The molecule has 23 heavy (non-hydrogen) atoms.